The highest BCUT2D eigenvalue weighted by Crippen LogP contribution is 2.10. The second kappa shape index (κ2) is 12.1. The molecule has 29 heavy (non-hydrogen) atoms. The Morgan fingerprint density at radius 1 is 1.21 bits per heavy atom. The number of carbonyl (C=O) groups is 4. The van der Waals surface area contributed by atoms with Crippen molar-refractivity contribution in [1.82, 2.24) is 25.9 Å². The molecule has 1 heterocycles. The number of amides is 3. The zero-order valence-corrected chi connectivity index (χ0v) is 17.2. The van der Waals surface area contributed by atoms with Crippen LogP contribution in [0.25, 0.3) is 0 Å². The molecule has 0 fully saturated rings. The summed E-state index contributed by atoms with van der Waals surface area (Å²) >= 11 is 4.04. The third-order valence-electron chi connectivity index (χ3n) is 4.41. The third kappa shape index (κ3) is 7.74. The SMILES string of the molecule is CCC(C)C(NC(=O)C(CS)NC(=O)CN)C(=O)NC(Cc1cnc[nH]1)C(=O)O. The first-order chi connectivity index (χ1) is 13.7. The van der Waals surface area contributed by atoms with Gasteiger partial charge in [-0.05, 0) is 5.92 Å². The lowest BCUT2D eigenvalue weighted by molar-refractivity contribution is -0.142. The predicted octanol–water partition coefficient (Wildman–Crippen LogP) is -1.57. The van der Waals surface area contributed by atoms with Crippen molar-refractivity contribution in [2.24, 2.45) is 11.7 Å². The second-order valence-corrected chi connectivity index (χ2v) is 6.92. The monoisotopic (exact) mass is 428 g/mol. The van der Waals surface area contributed by atoms with Crippen LogP contribution in [0, 0.1) is 5.92 Å². The van der Waals surface area contributed by atoms with Gasteiger partial charge in [-0.2, -0.15) is 12.6 Å². The Hall–Kier alpha value is -2.60. The molecule has 0 bridgehead atoms. The number of H-pyrrole nitrogens is 1. The fourth-order valence-corrected chi connectivity index (χ4v) is 2.74. The fourth-order valence-electron chi connectivity index (χ4n) is 2.48. The molecule has 0 aliphatic carbocycles. The average Bonchev–Trinajstić information content (AvgIpc) is 3.21. The normalized spacial score (nSPS) is 14.9. The van der Waals surface area contributed by atoms with E-state index in [9.17, 15) is 24.3 Å². The molecular weight excluding hydrogens is 400 g/mol. The standard InChI is InChI=1S/C17H28N6O5S/c1-3-9(2)14(23-15(25)12(7-29)21-13(24)5-18)16(26)22-11(17(27)28)4-10-6-19-8-20-10/h6,8-9,11-12,14,29H,3-5,7,18H2,1-2H3,(H,19,20)(H,21,24)(H,22,26)(H,23,25)(H,27,28). The minimum absolute atomic E-state index is 0.00396. The van der Waals surface area contributed by atoms with Gasteiger partial charge < -0.3 is 31.8 Å². The van der Waals surface area contributed by atoms with Crippen LogP contribution in [-0.2, 0) is 25.6 Å². The molecule has 11 nitrogen and oxygen atoms in total. The molecule has 0 aromatic carbocycles. The van der Waals surface area contributed by atoms with E-state index in [2.05, 4.69) is 38.5 Å². The van der Waals surface area contributed by atoms with E-state index >= 15 is 0 Å². The summed E-state index contributed by atoms with van der Waals surface area (Å²) in [4.78, 5) is 54.9. The van der Waals surface area contributed by atoms with E-state index in [1.54, 1.807) is 6.92 Å². The molecular formula is C17H28N6O5S. The van der Waals surface area contributed by atoms with Crippen LogP contribution in [0.4, 0.5) is 0 Å². The predicted molar refractivity (Wildman–Crippen MR) is 108 cm³/mol. The molecule has 1 aromatic rings. The van der Waals surface area contributed by atoms with Crippen LogP contribution in [0.15, 0.2) is 12.5 Å². The van der Waals surface area contributed by atoms with Crippen molar-refractivity contribution in [2.75, 3.05) is 12.3 Å². The van der Waals surface area contributed by atoms with Crippen LogP contribution < -0.4 is 21.7 Å². The first-order valence-electron chi connectivity index (χ1n) is 9.14. The Kier molecular flexibility index (Phi) is 10.2. The molecule has 162 valence electrons. The number of hydrogen-bond acceptors (Lipinski definition) is 7. The number of carbonyl (C=O) groups excluding carboxylic acids is 3. The highest BCUT2D eigenvalue weighted by molar-refractivity contribution is 7.80. The van der Waals surface area contributed by atoms with Crippen LogP contribution in [0.1, 0.15) is 26.0 Å². The van der Waals surface area contributed by atoms with Gasteiger partial charge in [0.1, 0.15) is 18.1 Å². The first kappa shape index (κ1) is 24.4. The van der Waals surface area contributed by atoms with E-state index in [1.165, 1.54) is 12.5 Å². The van der Waals surface area contributed by atoms with Crippen molar-refractivity contribution in [3.8, 4) is 0 Å². The maximum absolute atomic E-state index is 12.8. The Morgan fingerprint density at radius 3 is 2.38 bits per heavy atom. The Labute approximate surface area is 174 Å². The summed E-state index contributed by atoms with van der Waals surface area (Å²) in [5.41, 5.74) is 5.78. The lowest BCUT2D eigenvalue weighted by Gasteiger charge is -2.27. The fraction of sp³-hybridized carbons (Fsp3) is 0.588. The van der Waals surface area contributed by atoms with E-state index < -0.39 is 41.8 Å². The van der Waals surface area contributed by atoms with Crippen molar-refractivity contribution in [3.63, 3.8) is 0 Å². The van der Waals surface area contributed by atoms with Gasteiger partial charge in [-0.15, -0.1) is 0 Å². The number of thiol groups is 1. The highest BCUT2D eigenvalue weighted by atomic mass is 32.1. The molecule has 0 spiro atoms. The molecule has 1 rings (SSSR count). The summed E-state index contributed by atoms with van der Waals surface area (Å²) in [5.74, 6) is -3.28. The van der Waals surface area contributed by atoms with Crippen molar-refractivity contribution >= 4 is 36.3 Å². The number of aliphatic carboxylic acids is 1. The van der Waals surface area contributed by atoms with E-state index in [-0.39, 0.29) is 24.6 Å². The Morgan fingerprint density at radius 2 is 1.90 bits per heavy atom. The van der Waals surface area contributed by atoms with Crippen LogP contribution >= 0.6 is 12.6 Å². The summed E-state index contributed by atoms with van der Waals surface area (Å²) in [7, 11) is 0. The summed E-state index contributed by atoms with van der Waals surface area (Å²) in [6.07, 6.45) is 3.43. The molecule has 1 aromatic heterocycles. The smallest absolute Gasteiger partial charge is 0.326 e. The van der Waals surface area contributed by atoms with E-state index in [0.717, 1.165) is 0 Å². The van der Waals surface area contributed by atoms with Crippen molar-refractivity contribution in [3.05, 3.63) is 18.2 Å². The van der Waals surface area contributed by atoms with Gasteiger partial charge in [0.05, 0.1) is 12.9 Å². The number of nitrogens with one attached hydrogen (secondary N) is 4. The highest BCUT2D eigenvalue weighted by Gasteiger charge is 2.32. The number of rotatable bonds is 12. The van der Waals surface area contributed by atoms with Crippen LogP contribution in [0.3, 0.4) is 0 Å². The van der Waals surface area contributed by atoms with Gasteiger partial charge in [-0.1, -0.05) is 20.3 Å². The van der Waals surface area contributed by atoms with E-state index in [0.29, 0.717) is 12.1 Å². The zero-order valence-electron chi connectivity index (χ0n) is 16.3. The van der Waals surface area contributed by atoms with Gasteiger partial charge in [-0.3, -0.25) is 14.4 Å². The first-order valence-corrected chi connectivity index (χ1v) is 9.77. The van der Waals surface area contributed by atoms with E-state index in [4.69, 9.17) is 5.73 Å². The summed E-state index contributed by atoms with van der Waals surface area (Å²) in [6.45, 7) is 3.30. The quantitative estimate of drug-likeness (QED) is 0.196. The minimum atomic E-state index is -1.22. The average molecular weight is 429 g/mol. The van der Waals surface area contributed by atoms with Crippen molar-refractivity contribution in [1.29, 1.82) is 0 Å². The van der Waals surface area contributed by atoms with Gasteiger partial charge in [0, 0.05) is 24.1 Å². The van der Waals surface area contributed by atoms with Crippen LogP contribution in [-0.4, -0.2) is 69.2 Å². The topological polar surface area (TPSA) is 179 Å². The molecule has 0 saturated carbocycles. The van der Waals surface area contributed by atoms with Gasteiger partial charge >= 0.3 is 5.97 Å². The van der Waals surface area contributed by atoms with Gasteiger partial charge in [-0.25, -0.2) is 9.78 Å². The number of nitrogens with zero attached hydrogens (tertiary/aromatic N) is 1. The summed E-state index contributed by atoms with van der Waals surface area (Å²) in [5, 5.41) is 16.9. The Balaban J connectivity index is 2.89. The molecule has 0 saturated heterocycles. The van der Waals surface area contributed by atoms with Crippen molar-refractivity contribution < 1.29 is 24.3 Å². The number of nitrogens with two attached hydrogens (primary N) is 1. The lowest BCUT2D eigenvalue weighted by atomic mass is 9.97. The summed E-state index contributed by atoms with van der Waals surface area (Å²) in [6, 6.07) is -3.17. The van der Waals surface area contributed by atoms with Crippen LogP contribution in [0.5, 0.6) is 0 Å². The molecule has 12 heteroatoms. The second-order valence-electron chi connectivity index (χ2n) is 6.56. The van der Waals surface area contributed by atoms with E-state index in [1.807, 2.05) is 6.92 Å². The third-order valence-corrected chi connectivity index (χ3v) is 4.77. The molecule has 0 aliphatic heterocycles. The molecule has 0 radical (unpaired) electrons. The van der Waals surface area contributed by atoms with Crippen LogP contribution in [0.2, 0.25) is 0 Å². The number of carboxylic acid groups (broad SMARTS) is 1. The summed E-state index contributed by atoms with van der Waals surface area (Å²) < 4.78 is 0. The van der Waals surface area contributed by atoms with Crippen molar-refractivity contribution in [2.45, 2.75) is 44.8 Å². The number of imidazole rings is 1. The zero-order chi connectivity index (χ0) is 22.0. The molecule has 4 unspecified atom stereocenters. The number of carboxylic acids is 1. The molecule has 3 amide bonds. The largest absolute Gasteiger partial charge is 0.480 e. The lowest BCUT2D eigenvalue weighted by Crippen LogP contribution is -2.58. The number of aromatic amines is 1. The molecule has 7 N–H and O–H groups in total. The maximum Gasteiger partial charge on any atom is 0.326 e. The number of hydrogen-bond donors (Lipinski definition) is 7. The minimum Gasteiger partial charge on any atom is -0.480 e. The van der Waals surface area contributed by atoms with Gasteiger partial charge in [0.25, 0.3) is 0 Å². The van der Waals surface area contributed by atoms with Gasteiger partial charge in [0.2, 0.25) is 17.7 Å². The van der Waals surface area contributed by atoms with Gasteiger partial charge in [0.15, 0.2) is 0 Å². The molecule has 0 aliphatic rings. The number of aromatic nitrogens is 2. The Bertz CT molecular complexity index is 698. The maximum atomic E-state index is 12.8. The molecule has 4 atom stereocenters.